The minimum Gasteiger partial charge on any atom is -0.454 e. The summed E-state index contributed by atoms with van der Waals surface area (Å²) in [4.78, 5) is 56.6. The van der Waals surface area contributed by atoms with Crippen molar-refractivity contribution in [3.63, 3.8) is 0 Å². The molecule has 0 spiro atoms. The Morgan fingerprint density at radius 3 is 2.45 bits per heavy atom. The number of carbonyl (C=O) groups is 4. The summed E-state index contributed by atoms with van der Waals surface area (Å²) in [5, 5.41) is 9.95. The number of ether oxygens (including phenoxy) is 1. The van der Waals surface area contributed by atoms with Gasteiger partial charge in [0.15, 0.2) is 12.4 Å². The molecule has 1 fully saturated rings. The van der Waals surface area contributed by atoms with Crippen LogP contribution in [0.2, 0.25) is 5.02 Å². The number of carbonyl (C=O) groups excluding carboxylic acids is 4. The Morgan fingerprint density at radius 1 is 1.02 bits per heavy atom. The molecule has 3 aromatic rings. The Bertz CT molecular complexity index is 1530. The van der Waals surface area contributed by atoms with Gasteiger partial charge in [-0.1, -0.05) is 29.8 Å². The lowest BCUT2D eigenvalue weighted by molar-refractivity contribution is -0.121. The summed E-state index contributed by atoms with van der Waals surface area (Å²) < 4.78 is 5.13. The highest BCUT2D eigenvalue weighted by atomic mass is 35.5. The average Bonchev–Trinajstić information content (AvgIpc) is 3.10. The minimum atomic E-state index is -0.709. The SMILES string of the molecule is N#Cc1cc2c(nc1SC1CC(=O)N(c3ccc(C(=O)OCC(=O)c4ccc(Cl)cc4)cc3)C1=O)CCCCC2. The van der Waals surface area contributed by atoms with Crippen LogP contribution in [0.25, 0.3) is 0 Å². The first-order chi connectivity index (χ1) is 19.3. The maximum Gasteiger partial charge on any atom is 0.338 e. The summed E-state index contributed by atoms with van der Waals surface area (Å²) in [5.74, 6) is -1.86. The van der Waals surface area contributed by atoms with E-state index >= 15 is 0 Å². The monoisotopic (exact) mass is 573 g/mol. The van der Waals surface area contributed by atoms with E-state index < -0.39 is 23.7 Å². The van der Waals surface area contributed by atoms with Crippen LogP contribution in [-0.2, 0) is 27.2 Å². The summed E-state index contributed by atoms with van der Waals surface area (Å²) >= 11 is 6.98. The van der Waals surface area contributed by atoms with Gasteiger partial charge in [0.1, 0.15) is 11.1 Å². The number of rotatable bonds is 7. The fraction of sp³-hybridized carbons (Fsp3) is 0.267. The van der Waals surface area contributed by atoms with E-state index in [1.54, 1.807) is 24.3 Å². The van der Waals surface area contributed by atoms with Crippen LogP contribution in [0.1, 0.15) is 63.2 Å². The third kappa shape index (κ3) is 5.93. The Labute approximate surface area is 240 Å². The number of ketones is 1. The van der Waals surface area contributed by atoms with Gasteiger partial charge < -0.3 is 4.74 Å². The molecule has 1 aliphatic heterocycles. The zero-order chi connectivity index (χ0) is 28.2. The van der Waals surface area contributed by atoms with E-state index in [0.29, 0.717) is 26.9 Å². The van der Waals surface area contributed by atoms with Crippen LogP contribution in [-0.4, -0.2) is 40.4 Å². The highest BCUT2D eigenvalue weighted by molar-refractivity contribution is 8.00. The number of Topliss-reactive ketones (excluding diaryl/α,β-unsaturated/α-hetero) is 1. The molecule has 40 heavy (non-hydrogen) atoms. The van der Waals surface area contributed by atoms with Crippen molar-refractivity contribution >= 4 is 52.6 Å². The number of halogens is 1. The summed E-state index contributed by atoms with van der Waals surface area (Å²) in [6, 6.07) is 16.2. The summed E-state index contributed by atoms with van der Waals surface area (Å²) in [6.45, 7) is -0.439. The van der Waals surface area contributed by atoms with Gasteiger partial charge in [-0.25, -0.2) is 14.7 Å². The number of pyridine rings is 1. The number of aryl methyl sites for hydroxylation is 2. The van der Waals surface area contributed by atoms with Crippen LogP contribution < -0.4 is 4.90 Å². The molecule has 1 aliphatic carbocycles. The molecule has 0 radical (unpaired) electrons. The maximum absolute atomic E-state index is 13.3. The first-order valence-corrected chi connectivity index (χ1v) is 14.1. The van der Waals surface area contributed by atoms with Crippen LogP contribution in [0.4, 0.5) is 5.69 Å². The molecule has 1 saturated heterocycles. The van der Waals surface area contributed by atoms with Gasteiger partial charge in [0.25, 0.3) is 0 Å². The van der Waals surface area contributed by atoms with Gasteiger partial charge in [-0.3, -0.25) is 14.4 Å². The van der Waals surface area contributed by atoms with E-state index in [1.165, 1.54) is 24.3 Å². The van der Waals surface area contributed by atoms with E-state index in [-0.39, 0.29) is 23.7 Å². The smallest absolute Gasteiger partial charge is 0.338 e. The fourth-order valence-electron chi connectivity index (χ4n) is 4.74. The van der Waals surface area contributed by atoms with Crippen LogP contribution in [0, 0.1) is 11.3 Å². The molecule has 2 aliphatic rings. The third-order valence-electron chi connectivity index (χ3n) is 6.86. The van der Waals surface area contributed by atoms with Gasteiger partial charge in [-0.05, 0) is 85.8 Å². The molecule has 1 atom stereocenters. The number of amides is 2. The highest BCUT2D eigenvalue weighted by Gasteiger charge is 2.41. The van der Waals surface area contributed by atoms with Crippen molar-refractivity contribution in [2.45, 2.75) is 48.8 Å². The molecular weight excluding hydrogens is 550 g/mol. The lowest BCUT2D eigenvalue weighted by atomic mass is 10.1. The molecule has 202 valence electrons. The standard InChI is InChI=1S/C30H24ClN3O5S/c31-22-10-6-18(7-11-22)25(35)17-39-30(38)19-8-12-23(13-9-19)34-27(36)15-26(29(34)37)40-28-21(16-32)14-20-4-2-1-3-5-24(20)33-28/h6-14,26H,1-5,15,17H2. The van der Waals surface area contributed by atoms with Crippen molar-refractivity contribution in [3.8, 4) is 6.07 Å². The van der Waals surface area contributed by atoms with Gasteiger partial charge in [0.2, 0.25) is 11.8 Å². The minimum absolute atomic E-state index is 0.0241. The number of benzene rings is 2. The molecule has 0 N–H and O–H groups in total. The highest BCUT2D eigenvalue weighted by Crippen LogP contribution is 2.36. The Morgan fingerprint density at radius 2 is 1.73 bits per heavy atom. The third-order valence-corrected chi connectivity index (χ3v) is 8.30. The molecule has 1 aromatic heterocycles. The number of imide groups is 1. The van der Waals surface area contributed by atoms with Crippen molar-refractivity contribution in [2.75, 3.05) is 11.5 Å². The van der Waals surface area contributed by atoms with Gasteiger partial charge in [0, 0.05) is 22.7 Å². The number of fused-ring (bicyclic) bond motifs is 1. The van der Waals surface area contributed by atoms with Crippen molar-refractivity contribution in [2.24, 2.45) is 0 Å². The number of esters is 1. The van der Waals surface area contributed by atoms with Crippen LogP contribution >= 0.6 is 23.4 Å². The fourth-order valence-corrected chi connectivity index (χ4v) is 5.97. The second kappa shape index (κ2) is 12.0. The first-order valence-electron chi connectivity index (χ1n) is 12.9. The normalized spacial score (nSPS) is 16.7. The van der Waals surface area contributed by atoms with Crippen molar-refractivity contribution in [1.29, 1.82) is 5.26 Å². The number of aromatic nitrogens is 1. The van der Waals surface area contributed by atoms with Gasteiger partial charge in [-0.15, -0.1) is 0 Å². The van der Waals surface area contributed by atoms with E-state index in [2.05, 4.69) is 6.07 Å². The maximum atomic E-state index is 13.3. The number of nitrogens with zero attached hydrogens (tertiary/aromatic N) is 3. The van der Waals surface area contributed by atoms with Crippen LogP contribution in [0.15, 0.2) is 59.6 Å². The molecule has 2 heterocycles. The van der Waals surface area contributed by atoms with Crippen molar-refractivity contribution in [3.05, 3.63) is 87.6 Å². The Kier molecular flexibility index (Phi) is 8.29. The van der Waals surface area contributed by atoms with Crippen molar-refractivity contribution < 1.29 is 23.9 Å². The molecule has 1 unspecified atom stereocenters. The molecular formula is C30H24ClN3O5S. The van der Waals surface area contributed by atoms with Crippen molar-refractivity contribution in [1.82, 2.24) is 4.98 Å². The lowest BCUT2D eigenvalue weighted by Gasteiger charge is -2.16. The predicted octanol–water partition coefficient (Wildman–Crippen LogP) is 5.34. The topological polar surface area (TPSA) is 117 Å². The van der Waals surface area contributed by atoms with Gasteiger partial charge >= 0.3 is 5.97 Å². The number of nitriles is 1. The summed E-state index contributed by atoms with van der Waals surface area (Å²) in [6.07, 6.45) is 4.91. The molecule has 2 amide bonds. The van der Waals surface area contributed by atoms with E-state index in [1.807, 2.05) is 6.07 Å². The molecule has 5 rings (SSSR count). The molecule has 2 aromatic carbocycles. The molecule has 0 saturated carbocycles. The largest absolute Gasteiger partial charge is 0.454 e. The van der Waals surface area contributed by atoms with Gasteiger partial charge in [-0.2, -0.15) is 5.26 Å². The summed E-state index contributed by atoms with van der Waals surface area (Å²) in [7, 11) is 0. The molecule has 0 bridgehead atoms. The lowest BCUT2D eigenvalue weighted by Crippen LogP contribution is -2.31. The van der Waals surface area contributed by atoms with Gasteiger partial charge in [0.05, 0.1) is 22.1 Å². The Balaban J connectivity index is 1.24. The van der Waals surface area contributed by atoms with E-state index in [4.69, 9.17) is 21.3 Å². The number of hydrogen-bond acceptors (Lipinski definition) is 8. The summed E-state index contributed by atoms with van der Waals surface area (Å²) in [5.41, 5.74) is 3.33. The second-order valence-corrected chi connectivity index (χ2v) is 11.2. The van der Waals surface area contributed by atoms with E-state index in [0.717, 1.165) is 60.0 Å². The Hall–Kier alpha value is -4.00. The average molecular weight is 574 g/mol. The number of anilines is 1. The quantitative estimate of drug-likeness (QED) is 0.161. The first kappa shape index (κ1) is 27.6. The predicted molar refractivity (Wildman–Crippen MR) is 149 cm³/mol. The zero-order valence-corrected chi connectivity index (χ0v) is 23.0. The van der Waals surface area contributed by atoms with Crippen LogP contribution in [0.5, 0.6) is 0 Å². The number of hydrogen-bond donors (Lipinski definition) is 0. The number of thioether (sulfide) groups is 1. The zero-order valence-electron chi connectivity index (χ0n) is 21.4. The molecule has 10 heteroatoms. The van der Waals surface area contributed by atoms with Crippen LogP contribution in [0.3, 0.4) is 0 Å². The second-order valence-electron chi connectivity index (χ2n) is 9.55. The van der Waals surface area contributed by atoms with E-state index in [9.17, 15) is 24.4 Å². The molecule has 8 nitrogen and oxygen atoms in total.